The van der Waals surface area contributed by atoms with Crippen LogP contribution in [0.4, 0.5) is 14.4 Å². The van der Waals surface area contributed by atoms with E-state index in [0.29, 0.717) is 64.2 Å². The zero-order valence-electron chi connectivity index (χ0n) is 44.2. The number of aromatic nitrogens is 3. The zero-order chi connectivity index (χ0) is 53.3. The van der Waals surface area contributed by atoms with Crippen LogP contribution in [0.1, 0.15) is 146 Å². The number of rotatable bonds is 20. The van der Waals surface area contributed by atoms with Gasteiger partial charge in [-0.2, -0.15) is 0 Å². The summed E-state index contributed by atoms with van der Waals surface area (Å²) >= 11 is 0. The van der Waals surface area contributed by atoms with Gasteiger partial charge in [-0.25, -0.2) is 52.1 Å². The Morgan fingerprint density at radius 2 is 0.944 bits per heavy atom. The number of amides is 3. The summed E-state index contributed by atoms with van der Waals surface area (Å²) < 4.78 is 29.6. The monoisotopic (exact) mass is 1000 g/mol. The quantitative estimate of drug-likeness (QED) is 0.0514. The topological polar surface area (TPSA) is 254 Å². The number of esters is 2. The highest BCUT2D eigenvalue weighted by atomic mass is 16.6. The van der Waals surface area contributed by atoms with Gasteiger partial charge < -0.3 is 44.7 Å². The van der Waals surface area contributed by atoms with E-state index in [1.165, 1.54) is 27.5 Å². The minimum absolute atomic E-state index is 0.0456. The molecule has 1 aromatic heterocycles. The summed E-state index contributed by atoms with van der Waals surface area (Å²) in [7, 11) is 0. The maximum Gasteiger partial charge on any atom is 0.407 e. The Bertz CT molecular complexity index is 2330. The van der Waals surface area contributed by atoms with Crippen LogP contribution in [0.2, 0.25) is 0 Å². The molecule has 3 fully saturated rings. The SMILES string of the molecule is C=C(C)C(=O)OCCOC(=O)NCC1(C)CC(n2c(=O)n(CC3(C)CC(NC(=O)OCCCO)CC(C)(C)C3)c(=O)n(CC3(C)CC(NC(=O)OCCOC(=O)C(=C)C)CC(C)(C)C3)c2=O)CC(C)(C)C1. The van der Waals surface area contributed by atoms with Crippen LogP contribution in [-0.4, -0.2) is 107 Å². The van der Waals surface area contributed by atoms with Crippen molar-refractivity contribution in [1.29, 1.82) is 0 Å². The predicted molar refractivity (Wildman–Crippen MR) is 265 cm³/mol. The van der Waals surface area contributed by atoms with Crippen molar-refractivity contribution >= 4 is 30.2 Å². The predicted octanol–water partition coefficient (Wildman–Crippen LogP) is 5.90. The highest BCUT2D eigenvalue weighted by Crippen LogP contribution is 2.51. The van der Waals surface area contributed by atoms with Crippen LogP contribution < -0.4 is 33.0 Å². The number of aliphatic hydroxyl groups is 1. The first kappa shape index (κ1) is 58.2. The van der Waals surface area contributed by atoms with Crippen molar-refractivity contribution in [2.24, 2.45) is 32.5 Å². The number of nitrogens with one attached hydrogen (secondary N) is 3. The van der Waals surface area contributed by atoms with Gasteiger partial charge >= 0.3 is 47.3 Å². The summed E-state index contributed by atoms with van der Waals surface area (Å²) in [5.74, 6) is -1.20. The first-order chi connectivity index (χ1) is 32.8. The van der Waals surface area contributed by atoms with Crippen molar-refractivity contribution in [3.8, 4) is 0 Å². The number of hydrogen-bond acceptors (Lipinski definition) is 14. The van der Waals surface area contributed by atoms with Crippen molar-refractivity contribution in [3.63, 3.8) is 0 Å². The molecule has 0 spiro atoms. The van der Waals surface area contributed by atoms with E-state index in [1.54, 1.807) is 0 Å². The molecule has 1 heterocycles. The van der Waals surface area contributed by atoms with Crippen molar-refractivity contribution in [1.82, 2.24) is 29.7 Å². The van der Waals surface area contributed by atoms with E-state index in [-0.39, 0.29) is 87.3 Å². The second kappa shape index (κ2) is 23.4. The van der Waals surface area contributed by atoms with E-state index in [0.717, 1.165) is 0 Å². The fraction of sp³-hybridized carbons (Fsp3) is 0.765. The van der Waals surface area contributed by atoms with Gasteiger partial charge in [-0.05, 0) is 104 Å². The number of ether oxygens (including phenoxy) is 5. The van der Waals surface area contributed by atoms with Crippen molar-refractivity contribution < 1.29 is 52.8 Å². The molecule has 20 nitrogen and oxygen atoms in total. The summed E-state index contributed by atoms with van der Waals surface area (Å²) in [4.78, 5) is 108. The molecule has 71 heavy (non-hydrogen) atoms. The lowest BCUT2D eigenvalue weighted by molar-refractivity contribution is -0.140. The maximum atomic E-state index is 15.2. The van der Waals surface area contributed by atoms with Crippen LogP contribution in [0.5, 0.6) is 0 Å². The van der Waals surface area contributed by atoms with Gasteiger partial charge in [-0.3, -0.25) is 0 Å². The molecule has 400 valence electrons. The molecule has 0 bridgehead atoms. The lowest BCUT2D eigenvalue weighted by Gasteiger charge is -2.48. The van der Waals surface area contributed by atoms with Gasteiger partial charge in [0, 0.05) is 61.9 Å². The van der Waals surface area contributed by atoms with Crippen molar-refractivity contribution in [2.75, 3.05) is 46.2 Å². The highest BCUT2D eigenvalue weighted by molar-refractivity contribution is 5.87. The fourth-order valence-corrected chi connectivity index (χ4v) is 12.4. The molecule has 3 aliphatic carbocycles. The Morgan fingerprint density at radius 3 is 1.38 bits per heavy atom. The third-order valence-corrected chi connectivity index (χ3v) is 13.7. The average molecular weight is 1000 g/mol. The number of aliphatic hydroxyl groups excluding tert-OH is 1. The standard InChI is InChI=1S/C51H82N6O14/c1-33(2)38(59)67-17-19-70-40(61)52-30-49(11)26-37(25-48(9,10)27-49)57-44(65)55(31-50(12)23-35(21-46(5,6)28-50)53-41(62)69-16-14-15-58)43(64)56(45(57)66)32-51(13)24-36(22-47(7,8)29-51)54-42(63)71-20-18-68-39(60)34(3)4/h35-37,58H,1,3,14-32H2,2,4-13H3,(H,52,61)(H,53,62)(H,54,63). The van der Waals surface area contributed by atoms with Gasteiger partial charge in [-0.15, -0.1) is 0 Å². The highest BCUT2D eigenvalue weighted by Gasteiger charge is 2.47. The lowest BCUT2D eigenvalue weighted by atomic mass is 9.62. The molecule has 0 radical (unpaired) electrons. The lowest BCUT2D eigenvalue weighted by Crippen LogP contribution is -2.60. The van der Waals surface area contributed by atoms with E-state index in [1.807, 2.05) is 34.6 Å². The van der Waals surface area contributed by atoms with Crippen LogP contribution in [-0.2, 0) is 46.4 Å². The Morgan fingerprint density at radius 1 is 0.549 bits per heavy atom. The molecule has 0 aromatic carbocycles. The number of hydrogen-bond donors (Lipinski definition) is 4. The zero-order valence-corrected chi connectivity index (χ0v) is 44.2. The van der Waals surface area contributed by atoms with Crippen molar-refractivity contribution in [3.05, 3.63) is 55.8 Å². The minimum atomic E-state index is -0.761. The molecule has 3 aliphatic rings. The number of nitrogens with zero attached hydrogens (tertiary/aromatic N) is 3. The smallest absolute Gasteiger partial charge is 0.407 e. The molecule has 6 unspecified atom stereocenters. The Kier molecular flexibility index (Phi) is 19.2. The van der Waals surface area contributed by atoms with E-state index in [2.05, 4.69) is 56.8 Å². The summed E-state index contributed by atoms with van der Waals surface area (Å²) in [6.45, 7) is 27.6. The number of carbonyl (C=O) groups is 5. The third kappa shape index (κ3) is 17.1. The molecule has 0 saturated heterocycles. The fourth-order valence-electron chi connectivity index (χ4n) is 12.4. The molecule has 4 rings (SSSR count). The summed E-state index contributed by atoms with van der Waals surface area (Å²) in [6, 6.07) is -1.49. The maximum absolute atomic E-state index is 15.2. The number of alkyl carbamates (subject to hydrolysis) is 3. The van der Waals surface area contributed by atoms with Gasteiger partial charge in [0.1, 0.15) is 26.4 Å². The molecule has 4 N–H and O–H groups in total. The Balaban J connectivity index is 1.73. The third-order valence-electron chi connectivity index (χ3n) is 13.7. The molecular formula is C51H82N6O14. The van der Waals surface area contributed by atoms with Crippen LogP contribution in [0.3, 0.4) is 0 Å². The first-order valence-electron chi connectivity index (χ1n) is 24.8. The van der Waals surface area contributed by atoms with Crippen LogP contribution >= 0.6 is 0 Å². The normalized spacial score (nSPS) is 26.5. The molecule has 3 amide bonds. The van der Waals surface area contributed by atoms with E-state index in [4.69, 9.17) is 23.7 Å². The average Bonchev–Trinajstić information content (AvgIpc) is 3.21. The van der Waals surface area contributed by atoms with E-state index < -0.39 is 81.0 Å². The molecule has 1 aromatic rings. The van der Waals surface area contributed by atoms with E-state index in [9.17, 15) is 29.1 Å². The van der Waals surface area contributed by atoms with Crippen LogP contribution in [0, 0.1) is 32.5 Å². The van der Waals surface area contributed by atoms with E-state index >= 15 is 14.4 Å². The van der Waals surface area contributed by atoms with Crippen LogP contribution in [0.15, 0.2) is 38.7 Å². The second-order valence-corrected chi connectivity index (χ2v) is 24.1. The van der Waals surface area contributed by atoms with Gasteiger partial charge in [0.15, 0.2) is 0 Å². The van der Waals surface area contributed by atoms with Gasteiger partial charge in [0.05, 0.1) is 6.61 Å². The molecule has 6 atom stereocenters. The molecule has 20 heteroatoms. The number of carbonyl (C=O) groups excluding carboxylic acids is 5. The molecule has 3 saturated carbocycles. The molecule has 0 aliphatic heterocycles. The Hall–Kier alpha value is -5.40. The van der Waals surface area contributed by atoms with Crippen LogP contribution in [0.25, 0.3) is 0 Å². The largest absolute Gasteiger partial charge is 0.459 e. The van der Waals surface area contributed by atoms with Crippen molar-refractivity contribution in [2.45, 2.75) is 172 Å². The van der Waals surface area contributed by atoms with Gasteiger partial charge in [-0.1, -0.05) is 75.5 Å². The molecular weight excluding hydrogens is 921 g/mol. The van der Waals surface area contributed by atoms with Gasteiger partial charge in [0.25, 0.3) is 0 Å². The first-order valence-corrected chi connectivity index (χ1v) is 24.8. The Labute approximate surface area is 417 Å². The summed E-state index contributed by atoms with van der Waals surface area (Å²) in [6.07, 6.45) is 2.63. The minimum Gasteiger partial charge on any atom is -0.459 e. The van der Waals surface area contributed by atoms with Gasteiger partial charge in [0.2, 0.25) is 0 Å². The summed E-state index contributed by atoms with van der Waals surface area (Å²) in [5.41, 5.74) is -5.13. The second-order valence-electron chi connectivity index (χ2n) is 24.1. The summed E-state index contributed by atoms with van der Waals surface area (Å²) in [5, 5.41) is 17.9.